The van der Waals surface area contributed by atoms with Crippen LogP contribution in [0.25, 0.3) is 0 Å². The largest absolute Gasteiger partial charge is 0.486 e. The molecule has 0 radical (unpaired) electrons. The van der Waals surface area contributed by atoms with Crippen molar-refractivity contribution in [3.8, 4) is 5.75 Å². The predicted molar refractivity (Wildman–Crippen MR) is 81.6 cm³/mol. The van der Waals surface area contributed by atoms with Crippen molar-refractivity contribution in [3.63, 3.8) is 0 Å². The summed E-state index contributed by atoms with van der Waals surface area (Å²) in [6, 6.07) is 12.4. The zero-order valence-electron chi connectivity index (χ0n) is 12.6. The summed E-state index contributed by atoms with van der Waals surface area (Å²) in [4.78, 5) is 0. The van der Waals surface area contributed by atoms with Crippen molar-refractivity contribution in [2.24, 2.45) is 0 Å². The van der Waals surface area contributed by atoms with Crippen molar-refractivity contribution in [2.75, 3.05) is 0 Å². The van der Waals surface area contributed by atoms with Crippen LogP contribution in [0.5, 0.6) is 5.75 Å². The van der Waals surface area contributed by atoms with Gasteiger partial charge in [0.1, 0.15) is 11.9 Å². The van der Waals surface area contributed by atoms with E-state index in [-0.39, 0.29) is 6.10 Å². The molecule has 0 heterocycles. The summed E-state index contributed by atoms with van der Waals surface area (Å²) in [6.45, 7) is 0. The highest BCUT2D eigenvalue weighted by Gasteiger charge is 2.37. The maximum Gasteiger partial charge on any atom is 0.416 e. The van der Waals surface area contributed by atoms with Crippen LogP contribution in [0, 0.1) is 0 Å². The van der Waals surface area contributed by atoms with E-state index in [2.05, 4.69) is 12.1 Å². The molecule has 0 aromatic heterocycles. The SMILES string of the molecule is FC(F)(F)c1cccc2c1CCC2Oc1ccc(C2CC2)cc1. The molecule has 23 heavy (non-hydrogen) atoms. The number of hydrogen-bond acceptors (Lipinski definition) is 1. The Kier molecular flexibility index (Phi) is 3.36. The summed E-state index contributed by atoms with van der Waals surface area (Å²) in [7, 11) is 0. The van der Waals surface area contributed by atoms with Gasteiger partial charge in [-0.2, -0.15) is 13.2 Å². The second-order valence-corrected chi connectivity index (χ2v) is 6.36. The molecule has 120 valence electrons. The molecule has 0 amide bonds. The van der Waals surface area contributed by atoms with E-state index < -0.39 is 11.7 Å². The second kappa shape index (κ2) is 5.29. The standard InChI is InChI=1S/C19H17F3O/c20-19(21,22)17-3-1-2-16-15(17)10-11-18(16)23-14-8-6-13(7-9-14)12-4-5-12/h1-3,6-9,12,18H,4-5,10-11H2. The molecule has 2 aliphatic rings. The lowest BCUT2D eigenvalue weighted by Gasteiger charge is -2.16. The van der Waals surface area contributed by atoms with Gasteiger partial charge in [-0.1, -0.05) is 24.3 Å². The van der Waals surface area contributed by atoms with E-state index in [1.54, 1.807) is 6.07 Å². The van der Waals surface area contributed by atoms with E-state index >= 15 is 0 Å². The van der Waals surface area contributed by atoms with Gasteiger partial charge in [0, 0.05) is 0 Å². The van der Waals surface area contributed by atoms with Crippen molar-refractivity contribution in [3.05, 3.63) is 64.7 Å². The van der Waals surface area contributed by atoms with Gasteiger partial charge in [-0.25, -0.2) is 0 Å². The fourth-order valence-electron chi connectivity index (χ4n) is 3.40. The maximum absolute atomic E-state index is 13.1. The monoisotopic (exact) mass is 318 g/mol. The number of benzene rings is 2. The Morgan fingerprint density at radius 3 is 2.30 bits per heavy atom. The summed E-state index contributed by atoms with van der Waals surface area (Å²) in [6.07, 6.45) is -1.10. The third-order valence-electron chi connectivity index (χ3n) is 4.73. The van der Waals surface area contributed by atoms with Gasteiger partial charge in [0.25, 0.3) is 0 Å². The van der Waals surface area contributed by atoms with E-state index in [9.17, 15) is 13.2 Å². The molecule has 1 nitrogen and oxygen atoms in total. The minimum atomic E-state index is -4.30. The highest BCUT2D eigenvalue weighted by Crippen LogP contribution is 2.43. The molecule has 2 aliphatic carbocycles. The first-order valence-corrected chi connectivity index (χ1v) is 7.98. The molecule has 4 heteroatoms. The van der Waals surface area contributed by atoms with Gasteiger partial charge < -0.3 is 4.74 Å². The molecule has 0 aliphatic heterocycles. The molecule has 0 spiro atoms. The van der Waals surface area contributed by atoms with Crippen LogP contribution in [0.2, 0.25) is 0 Å². The molecule has 4 rings (SSSR count). The Hall–Kier alpha value is -1.97. The van der Waals surface area contributed by atoms with Gasteiger partial charge in [0.15, 0.2) is 0 Å². The average molecular weight is 318 g/mol. The van der Waals surface area contributed by atoms with E-state index in [1.807, 2.05) is 12.1 Å². The summed E-state index contributed by atoms with van der Waals surface area (Å²) in [5.41, 5.74) is 1.86. The van der Waals surface area contributed by atoms with E-state index in [1.165, 1.54) is 24.5 Å². The maximum atomic E-state index is 13.1. The van der Waals surface area contributed by atoms with E-state index in [0.717, 1.165) is 11.8 Å². The Morgan fingerprint density at radius 2 is 1.65 bits per heavy atom. The van der Waals surface area contributed by atoms with Crippen molar-refractivity contribution in [1.29, 1.82) is 0 Å². The third-order valence-corrected chi connectivity index (χ3v) is 4.73. The molecule has 0 saturated heterocycles. The predicted octanol–water partition coefficient (Wildman–Crippen LogP) is 5.65. The van der Waals surface area contributed by atoms with Gasteiger partial charge >= 0.3 is 6.18 Å². The smallest absolute Gasteiger partial charge is 0.416 e. The molecule has 0 N–H and O–H groups in total. The third kappa shape index (κ3) is 2.82. The van der Waals surface area contributed by atoms with Gasteiger partial charge in [-0.15, -0.1) is 0 Å². The van der Waals surface area contributed by atoms with Crippen LogP contribution in [-0.4, -0.2) is 0 Å². The van der Waals surface area contributed by atoms with E-state index in [4.69, 9.17) is 4.74 Å². The summed E-state index contributed by atoms with van der Waals surface area (Å²) in [5.74, 6) is 1.41. The van der Waals surface area contributed by atoms with Gasteiger partial charge in [-0.3, -0.25) is 0 Å². The highest BCUT2D eigenvalue weighted by atomic mass is 19.4. The highest BCUT2D eigenvalue weighted by molar-refractivity contribution is 5.42. The average Bonchev–Trinajstić information content (AvgIpc) is 3.29. The second-order valence-electron chi connectivity index (χ2n) is 6.36. The molecule has 1 atom stereocenters. The number of ether oxygens (including phenoxy) is 1. The number of halogens is 3. The van der Waals surface area contributed by atoms with E-state index in [0.29, 0.717) is 29.9 Å². The molecule has 1 unspecified atom stereocenters. The molecular weight excluding hydrogens is 301 g/mol. The Balaban J connectivity index is 1.56. The van der Waals surface area contributed by atoms with Crippen molar-refractivity contribution < 1.29 is 17.9 Å². The van der Waals surface area contributed by atoms with Crippen LogP contribution in [0.1, 0.15) is 53.5 Å². The van der Waals surface area contributed by atoms with Gasteiger partial charge in [-0.05, 0) is 66.5 Å². The topological polar surface area (TPSA) is 9.23 Å². The Bertz CT molecular complexity index is 714. The fourth-order valence-corrected chi connectivity index (χ4v) is 3.40. The number of hydrogen-bond donors (Lipinski definition) is 0. The minimum absolute atomic E-state index is 0.293. The van der Waals surface area contributed by atoms with Crippen LogP contribution < -0.4 is 4.74 Å². The zero-order chi connectivity index (χ0) is 16.0. The summed E-state index contributed by atoms with van der Waals surface area (Å²) < 4.78 is 45.2. The minimum Gasteiger partial charge on any atom is -0.486 e. The number of rotatable bonds is 3. The summed E-state index contributed by atoms with van der Waals surface area (Å²) >= 11 is 0. The molecule has 2 aromatic rings. The molecule has 1 saturated carbocycles. The number of fused-ring (bicyclic) bond motifs is 1. The van der Waals surface area contributed by atoms with Crippen LogP contribution in [0.15, 0.2) is 42.5 Å². The quantitative estimate of drug-likeness (QED) is 0.710. The van der Waals surface area contributed by atoms with Gasteiger partial charge in [0.2, 0.25) is 0 Å². The van der Waals surface area contributed by atoms with Crippen LogP contribution in [-0.2, 0) is 12.6 Å². The Labute approximate surface area is 133 Å². The lowest BCUT2D eigenvalue weighted by molar-refractivity contribution is -0.138. The Morgan fingerprint density at radius 1 is 0.913 bits per heavy atom. The van der Waals surface area contributed by atoms with Gasteiger partial charge in [0.05, 0.1) is 5.56 Å². The molecule has 2 aromatic carbocycles. The lowest BCUT2D eigenvalue weighted by Crippen LogP contribution is -2.09. The first kappa shape index (κ1) is 14.6. The zero-order valence-corrected chi connectivity index (χ0v) is 12.6. The fraction of sp³-hybridized carbons (Fsp3) is 0.368. The first-order chi connectivity index (χ1) is 11.0. The van der Waals surface area contributed by atoms with Crippen LogP contribution >= 0.6 is 0 Å². The van der Waals surface area contributed by atoms with Crippen LogP contribution in [0.3, 0.4) is 0 Å². The van der Waals surface area contributed by atoms with Crippen molar-refractivity contribution >= 4 is 0 Å². The first-order valence-electron chi connectivity index (χ1n) is 7.98. The van der Waals surface area contributed by atoms with Crippen molar-refractivity contribution in [1.82, 2.24) is 0 Å². The summed E-state index contributed by atoms with van der Waals surface area (Å²) in [5, 5.41) is 0. The lowest BCUT2D eigenvalue weighted by atomic mass is 10.0. The van der Waals surface area contributed by atoms with Crippen molar-refractivity contribution in [2.45, 2.75) is 43.9 Å². The molecular formula is C19H17F3O. The van der Waals surface area contributed by atoms with Crippen LogP contribution in [0.4, 0.5) is 13.2 Å². The molecule has 1 fully saturated rings. The molecule has 0 bridgehead atoms. The normalized spacial score (nSPS) is 20.4. The number of alkyl halides is 3.